The van der Waals surface area contributed by atoms with E-state index in [9.17, 15) is 20.1 Å². The molecule has 0 saturated carbocycles. The second-order valence-corrected chi connectivity index (χ2v) is 15.6. The molecular weight excluding hydrogens is 643 g/mol. The first-order valence-corrected chi connectivity index (χ1v) is 22.8. The molecular formula is C47H89NO4. The molecule has 0 aromatic rings. The minimum absolute atomic E-state index is 0.0134. The van der Waals surface area contributed by atoms with Gasteiger partial charge in [0.15, 0.2) is 0 Å². The highest BCUT2D eigenvalue weighted by Gasteiger charge is 2.20. The van der Waals surface area contributed by atoms with Crippen LogP contribution in [0.1, 0.15) is 232 Å². The lowest BCUT2D eigenvalue weighted by molar-refractivity contribution is -0.124. The summed E-state index contributed by atoms with van der Waals surface area (Å²) in [5, 5.41) is 33.3. The molecule has 0 aliphatic heterocycles. The molecule has 0 saturated heterocycles. The lowest BCUT2D eigenvalue weighted by Crippen LogP contribution is -2.45. The quantitative estimate of drug-likeness (QED) is 0.0372. The second-order valence-electron chi connectivity index (χ2n) is 15.6. The molecule has 0 aromatic heterocycles. The molecule has 4 N–H and O–H groups in total. The van der Waals surface area contributed by atoms with Crippen molar-refractivity contribution in [2.45, 2.75) is 250 Å². The second kappa shape index (κ2) is 42.3. The Balaban J connectivity index is 3.64. The summed E-state index contributed by atoms with van der Waals surface area (Å²) in [4.78, 5) is 12.4. The van der Waals surface area contributed by atoms with Crippen LogP contribution in [-0.2, 0) is 4.79 Å². The van der Waals surface area contributed by atoms with Gasteiger partial charge in [0.25, 0.3) is 0 Å². The summed E-state index contributed by atoms with van der Waals surface area (Å²) in [5.41, 5.74) is 0. The van der Waals surface area contributed by atoms with E-state index in [2.05, 4.69) is 43.5 Å². The van der Waals surface area contributed by atoms with E-state index in [0.717, 1.165) is 38.5 Å². The average molecular weight is 732 g/mol. The van der Waals surface area contributed by atoms with Crippen LogP contribution in [0.5, 0.6) is 0 Å². The zero-order chi connectivity index (χ0) is 38.0. The van der Waals surface area contributed by atoms with Gasteiger partial charge < -0.3 is 20.6 Å². The van der Waals surface area contributed by atoms with E-state index in [4.69, 9.17) is 0 Å². The summed E-state index contributed by atoms with van der Waals surface area (Å²) in [6.07, 6.45) is 52.9. The standard InChI is InChI=1S/C47H89NO4/c1-3-5-7-9-11-13-15-17-19-21-23-24-26-28-30-32-34-36-38-40-44(50)42-47(52)48-45(43-49)46(51)41-39-37-35-33-31-29-27-25-22-20-18-16-14-12-10-8-6-4-2/h5,7,11,13,39,41,44-46,49-51H,3-4,6,8-10,12,14-38,40,42-43H2,1-2H3,(H,48,52)/b7-5-,13-11-,41-39+. The van der Waals surface area contributed by atoms with Crippen LogP contribution in [0.4, 0.5) is 0 Å². The first kappa shape index (κ1) is 50.6. The van der Waals surface area contributed by atoms with Gasteiger partial charge in [-0.3, -0.25) is 4.79 Å². The maximum atomic E-state index is 12.4. The molecule has 0 bridgehead atoms. The molecule has 3 atom stereocenters. The number of hydrogen-bond acceptors (Lipinski definition) is 4. The van der Waals surface area contributed by atoms with Crippen LogP contribution in [0, 0.1) is 0 Å². The van der Waals surface area contributed by atoms with Gasteiger partial charge in [0.2, 0.25) is 5.91 Å². The van der Waals surface area contributed by atoms with Crippen LogP contribution in [-0.4, -0.2) is 46.1 Å². The summed E-state index contributed by atoms with van der Waals surface area (Å²) in [7, 11) is 0. The Labute approximate surface area is 324 Å². The Kier molecular flexibility index (Phi) is 41.1. The molecule has 306 valence electrons. The molecule has 3 unspecified atom stereocenters. The van der Waals surface area contributed by atoms with E-state index < -0.39 is 18.2 Å². The van der Waals surface area contributed by atoms with Crippen LogP contribution >= 0.6 is 0 Å². The van der Waals surface area contributed by atoms with Gasteiger partial charge in [-0.15, -0.1) is 0 Å². The van der Waals surface area contributed by atoms with E-state index in [1.54, 1.807) is 6.08 Å². The maximum absolute atomic E-state index is 12.4. The molecule has 0 radical (unpaired) electrons. The molecule has 0 fully saturated rings. The van der Waals surface area contributed by atoms with Crippen molar-refractivity contribution in [3.05, 3.63) is 36.5 Å². The van der Waals surface area contributed by atoms with Gasteiger partial charge in [-0.05, 0) is 44.9 Å². The summed E-state index contributed by atoms with van der Waals surface area (Å²) >= 11 is 0. The third-order valence-corrected chi connectivity index (χ3v) is 10.4. The zero-order valence-electron chi connectivity index (χ0n) is 34.7. The molecule has 52 heavy (non-hydrogen) atoms. The Morgan fingerprint density at radius 3 is 1.37 bits per heavy atom. The monoisotopic (exact) mass is 732 g/mol. The van der Waals surface area contributed by atoms with Gasteiger partial charge in [0, 0.05) is 0 Å². The highest BCUT2D eigenvalue weighted by atomic mass is 16.3. The van der Waals surface area contributed by atoms with Gasteiger partial charge in [-0.2, -0.15) is 0 Å². The maximum Gasteiger partial charge on any atom is 0.222 e. The number of nitrogens with one attached hydrogen (secondary N) is 1. The highest BCUT2D eigenvalue weighted by molar-refractivity contribution is 5.76. The fourth-order valence-electron chi connectivity index (χ4n) is 6.97. The largest absolute Gasteiger partial charge is 0.394 e. The number of allylic oxidation sites excluding steroid dienone is 5. The molecule has 5 nitrogen and oxygen atoms in total. The molecule has 0 rings (SSSR count). The molecule has 0 aliphatic rings. The van der Waals surface area contributed by atoms with Crippen molar-refractivity contribution in [3.63, 3.8) is 0 Å². The van der Waals surface area contributed by atoms with Gasteiger partial charge in [0.05, 0.1) is 31.3 Å². The summed E-state index contributed by atoms with van der Waals surface area (Å²) in [6, 6.07) is -0.743. The van der Waals surface area contributed by atoms with Crippen LogP contribution in [0.25, 0.3) is 0 Å². The van der Waals surface area contributed by atoms with Gasteiger partial charge in [0.1, 0.15) is 0 Å². The van der Waals surface area contributed by atoms with E-state index in [1.165, 1.54) is 167 Å². The smallest absolute Gasteiger partial charge is 0.222 e. The van der Waals surface area contributed by atoms with Crippen molar-refractivity contribution in [1.82, 2.24) is 5.32 Å². The first-order valence-electron chi connectivity index (χ1n) is 22.8. The van der Waals surface area contributed by atoms with Gasteiger partial charge in [-0.1, -0.05) is 217 Å². The average Bonchev–Trinajstić information content (AvgIpc) is 3.14. The number of carbonyl (C=O) groups is 1. The number of hydrogen-bond donors (Lipinski definition) is 4. The molecule has 0 aliphatic carbocycles. The Morgan fingerprint density at radius 1 is 0.519 bits per heavy atom. The third-order valence-electron chi connectivity index (χ3n) is 10.4. The summed E-state index contributed by atoms with van der Waals surface area (Å²) in [6.45, 7) is 4.12. The number of rotatable bonds is 41. The minimum atomic E-state index is -0.928. The zero-order valence-corrected chi connectivity index (χ0v) is 34.7. The lowest BCUT2D eigenvalue weighted by atomic mass is 10.0. The summed E-state index contributed by atoms with van der Waals surface area (Å²) < 4.78 is 0. The molecule has 5 heteroatoms. The van der Waals surface area contributed by atoms with Crippen molar-refractivity contribution < 1.29 is 20.1 Å². The fraction of sp³-hybridized carbons (Fsp3) is 0.851. The molecule has 0 aromatic carbocycles. The number of amides is 1. The molecule has 1 amide bonds. The Hall–Kier alpha value is -1.43. The van der Waals surface area contributed by atoms with Crippen LogP contribution < -0.4 is 5.32 Å². The number of aliphatic hydroxyl groups is 3. The van der Waals surface area contributed by atoms with Crippen molar-refractivity contribution in [1.29, 1.82) is 0 Å². The number of unbranched alkanes of at least 4 members (excludes halogenated alkanes) is 28. The predicted molar refractivity (Wildman–Crippen MR) is 227 cm³/mol. The van der Waals surface area contributed by atoms with Crippen molar-refractivity contribution in [2.75, 3.05) is 6.61 Å². The fourth-order valence-corrected chi connectivity index (χ4v) is 6.97. The van der Waals surface area contributed by atoms with E-state index >= 15 is 0 Å². The third kappa shape index (κ3) is 38.3. The molecule has 0 heterocycles. The lowest BCUT2D eigenvalue weighted by Gasteiger charge is -2.21. The SMILES string of the molecule is CC/C=C\C/C=C\CCCCCCCCCCCCCCC(O)CC(=O)NC(CO)C(O)/C=C/CCCCCCCCCCCCCCCCCC. The van der Waals surface area contributed by atoms with Gasteiger partial charge >= 0.3 is 0 Å². The minimum Gasteiger partial charge on any atom is -0.394 e. The Bertz CT molecular complexity index is 809. The molecule has 0 spiro atoms. The first-order chi connectivity index (χ1) is 25.5. The van der Waals surface area contributed by atoms with E-state index in [1.807, 2.05) is 6.08 Å². The van der Waals surface area contributed by atoms with Crippen molar-refractivity contribution >= 4 is 5.91 Å². The van der Waals surface area contributed by atoms with Crippen molar-refractivity contribution in [2.24, 2.45) is 0 Å². The van der Waals surface area contributed by atoms with Crippen LogP contribution in [0.3, 0.4) is 0 Å². The van der Waals surface area contributed by atoms with Crippen molar-refractivity contribution in [3.8, 4) is 0 Å². The van der Waals surface area contributed by atoms with Crippen LogP contribution in [0.2, 0.25) is 0 Å². The number of carbonyl (C=O) groups excluding carboxylic acids is 1. The van der Waals surface area contributed by atoms with Gasteiger partial charge in [-0.25, -0.2) is 0 Å². The van der Waals surface area contributed by atoms with E-state index in [-0.39, 0.29) is 18.9 Å². The predicted octanol–water partition coefficient (Wildman–Crippen LogP) is 13.2. The van der Waals surface area contributed by atoms with E-state index in [0.29, 0.717) is 6.42 Å². The normalized spacial score (nSPS) is 13.9. The summed E-state index contributed by atoms with van der Waals surface area (Å²) in [5.74, 6) is -0.316. The van der Waals surface area contributed by atoms with Crippen LogP contribution in [0.15, 0.2) is 36.5 Å². The number of aliphatic hydroxyl groups excluding tert-OH is 3. The topological polar surface area (TPSA) is 89.8 Å². The Morgan fingerprint density at radius 2 is 0.923 bits per heavy atom. The highest BCUT2D eigenvalue weighted by Crippen LogP contribution is 2.16.